The molecule has 1 aromatic carbocycles. The lowest BCUT2D eigenvalue weighted by atomic mass is 10.0. The van der Waals surface area contributed by atoms with Gasteiger partial charge in [-0.2, -0.15) is 0 Å². The first-order valence-electron chi connectivity index (χ1n) is 6.97. The first-order chi connectivity index (χ1) is 8.70. The minimum absolute atomic E-state index is 0.306. The fourth-order valence-electron chi connectivity index (χ4n) is 2.52. The quantitative estimate of drug-likeness (QED) is 0.857. The first kappa shape index (κ1) is 13.5. The van der Waals surface area contributed by atoms with Crippen LogP contribution in [0.3, 0.4) is 0 Å². The molecule has 18 heavy (non-hydrogen) atoms. The lowest BCUT2D eigenvalue weighted by Gasteiger charge is -2.33. The Labute approximate surface area is 110 Å². The predicted molar refractivity (Wildman–Crippen MR) is 74.2 cm³/mol. The molecule has 1 fully saturated rings. The highest BCUT2D eigenvalue weighted by molar-refractivity contribution is 5.24. The highest BCUT2D eigenvalue weighted by Gasteiger charge is 2.22. The van der Waals surface area contributed by atoms with Crippen LogP contribution in [0.5, 0.6) is 0 Å². The molecule has 0 bridgehead atoms. The van der Waals surface area contributed by atoms with E-state index in [9.17, 15) is 5.11 Å². The Morgan fingerprint density at radius 2 is 1.89 bits per heavy atom. The average Bonchev–Trinajstić information content (AvgIpc) is 2.40. The van der Waals surface area contributed by atoms with Crippen molar-refractivity contribution in [2.75, 3.05) is 13.1 Å². The molecule has 100 valence electrons. The lowest BCUT2D eigenvalue weighted by molar-refractivity contribution is -0.0126. The molecule has 0 saturated carbocycles. The third kappa shape index (κ3) is 3.31. The maximum atomic E-state index is 10.3. The fourth-order valence-corrected chi connectivity index (χ4v) is 2.52. The van der Waals surface area contributed by atoms with Crippen LogP contribution in [0.15, 0.2) is 24.3 Å². The number of hydrogen-bond acceptors (Lipinski definition) is 3. The first-order valence-corrected chi connectivity index (χ1v) is 6.97. The van der Waals surface area contributed by atoms with Crippen molar-refractivity contribution in [2.24, 2.45) is 5.73 Å². The van der Waals surface area contributed by atoms with Crippen LogP contribution in [0.25, 0.3) is 0 Å². The van der Waals surface area contributed by atoms with Gasteiger partial charge in [-0.05, 0) is 30.4 Å². The second kappa shape index (κ2) is 6.32. The molecule has 0 spiro atoms. The summed E-state index contributed by atoms with van der Waals surface area (Å²) in [7, 11) is 0. The molecule has 1 saturated heterocycles. The van der Waals surface area contributed by atoms with Gasteiger partial charge >= 0.3 is 0 Å². The van der Waals surface area contributed by atoms with Gasteiger partial charge in [0.1, 0.15) is 6.23 Å². The molecule has 1 atom stereocenters. The number of piperidine rings is 1. The predicted octanol–water partition coefficient (Wildman–Crippen LogP) is 2.05. The highest BCUT2D eigenvalue weighted by Crippen LogP contribution is 2.22. The number of aliphatic hydroxyl groups is 1. The molecule has 1 heterocycles. The van der Waals surface area contributed by atoms with E-state index in [0.717, 1.165) is 44.3 Å². The van der Waals surface area contributed by atoms with E-state index in [1.165, 1.54) is 5.56 Å². The number of nitrogens with zero attached hydrogens (tertiary/aromatic N) is 1. The molecule has 0 radical (unpaired) electrons. The smallest absolute Gasteiger partial charge is 0.133 e. The Kier molecular flexibility index (Phi) is 4.75. The lowest BCUT2D eigenvalue weighted by Crippen LogP contribution is -2.41. The van der Waals surface area contributed by atoms with Crippen molar-refractivity contribution in [1.82, 2.24) is 4.90 Å². The number of nitrogens with two attached hydrogens (primary N) is 1. The summed E-state index contributed by atoms with van der Waals surface area (Å²) in [5.41, 5.74) is 8.21. The molecular weight excluding hydrogens is 224 g/mol. The molecule has 1 unspecified atom stereocenters. The fraction of sp³-hybridized carbons (Fsp3) is 0.600. The van der Waals surface area contributed by atoms with Gasteiger partial charge in [-0.3, -0.25) is 4.90 Å². The summed E-state index contributed by atoms with van der Waals surface area (Å²) in [6, 6.07) is 8.64. The number of likely N-dealkylation sites (tertiary alicyclic amines) is 1. The van der Waals surface area contributed by atoms with Gasteiger partial charge < -0.3 is 10.8 Å². The topological polar surface area (TPSA) is 49.5 Å². The van der Waals surface area contributed by atoms with Gasteiger partial charge in [0.25, 0.3) is 0 Å². The molecule has 0 amide bonds. The summed E-state index contributed by atoms with van der Waals surface area (Å²) in [4.78, 5) is 2.11. The second-order valence-corrected chi connectivity index (χ2v) is 5.24. The van der Waals surface area contributed by atoms with E-state index in [4.69, 9.17) is 5.73 Å². The van der Waals surface area contributed by atoms with Gasteiger partial charge in [-0.25, -0.2) is 0 Å². The van der Waals surface area contributed by atoms with Gasteiger partial charge in [0.15, 0.2) is 0 Å². The van der Waals surface area contributed by atoms with Crippen LogP contribution in [0.2, 0.25) is 0 Å². The van der Waals surface area contributed by atoms with Crippen molar-refractivity contribution in [3.05, 3.63) is 35.4 Å². The van der Waals surface area contributed by atoms with Crippen molar-refractivity contribution in [2.45, 2.75) is 44.9 Å². The van der Waals surface area contributed by atoms with E-state index in [1.807, 2.05) is 12.1 Å². The molecule has 3 nitrogen and oxygen atoms in total. The zero-order valence-corrected chi connectivity index (χ0v) is 11.2. The summed E-state index contributed by atoms with van der Waals surface area (Å²) in [6.45, 7) is 3.96. The van der Waals surface area contributed by atoms with Gasteiger partial charge in [0.2, 0.25) is 0 Å². The Morgan fingerprint density at radius 1 is 1.28 bits per heavy atom. The SMILES string of the molecule is CCCc1ccc(C(O)N2CCC(N)CC2)cc1. The van der Waals surface area contributed by atoms with E-state index in [-0.39, 0.29) is 0 Å². The van der Waals surface area contributed by atoms with Crippen LogP contribution in [0.1, 0.15) is 43.5 Å². The highest BCUT2D eigenvalue weighted by atomic mass is 16.3. The van der Waals surface area contributed by atoms with Crippen LogP contribution >= 0.6 is 0 Å². The summed E-state index contributed by atoms with van der Waals surface area (Å²) in [5, 5.41) is 10.3. The molecule has 0 aromatic heterocycles. The molecule has 2 rings (SSSR count). The number of benzene rings is 1. The van der Waals surface area contributed by atoms with Crippen molar-refractivity contribution >= 4 is 0 Å². The largest absolute Gasteiger partial charge is 0.374 e. The van der Waals surface area contributed by atoms with Crippen LogP contribution in [-0.2, 0) is 6.42 Å². The third-order valence-electron chi connectivity index (χ3n) is 3.74. The Morgan fingerprint density at radius 3 is 2.44 bits per heavy atom. The standard InChI is InChI=1S/C15H24N2O/c1-2-3-12-4-6-13(7-5-12)15(18)17-10-8-14(16)9-11-17/h4-7,14-15,18H,2-3,8-11,16H2,1H3. The molecule has 3 N–H and O–H groups in total. The third-order valence-corrected chi connectivity index (χ3v) is 3.74. The average molecular weight is 248 g/mol. The van der Waals surface area contributed by atoms with Crippen LogP contribution in [0.4, 0.5) is 0 Å². The molecular formula is C15H24N2O. The minimum atomic E-state index is -0.479. The van der Waals surface area contributed by atoms with Crippen molar-refractivity contribution in [3.8, 4) is 0 Å². The molecule has 1 aliphatic rings. The van der Waals surface area contributed by atoms with Gasteiger partial charge in [0.05, 0.1) is 0 Å². The summed E-state index contributed by atoms with van der Waals surface area (Å²) < 4.78 is 0. The second-order valence-electron chi connectivity index (χ2n) is 5.24. The maximum absolute atomic E-state index is 10.3. The molecule has 1 aromatic rings. The summed E-state index contributed by atoms with van der Waals surface area (Å²) in [5.74, 6) is 0. The maximum Gasteiger partial charge on any atom is 0.133 e. The number of aliphatic hydroxyl groups excluding tert-OH is 1. The van der Waals surface area contributed by atoms with E-state index in [0.29, 0.717) is 6.04 Å². The van der Waals surface area contributed by atoms with E-state index >= 15 is 0 Å². The van der Waals surface area contributed by atoms with Crippen molar-refractivity contribution in [1.29, 1.82) is 0 Å². The van der Waals surface area contributed by atoms with Crippen LogP contribution in [-0.4, -0.2) is 29.1 Å². The zero-order valence-electron chi connectivity index (χ0n) is 11.2. The van der Waals surface area contributed by atoms with Crippen LogP contribution < -0.4 is 5.73 Å². The zero-order chi connectivity index (χ0) is 13.0. The van der Waals surface area contributed by atoms with Gasteiger partial charge in [-0.15, -0.1) is 0 Å². The Hall–Kier alpha value is -0.900. The molecule has 1 aliphatic heterocycles. The molecule has 0 aliphatic carbocycles. The number of aryl methyl sites for hydroxylation is 1. The Bertz CT molecular complexity index is 355. The minimum Gasteiger partial charge on any atom is -0.374 e. The number of hydrogen-bond donors (Lipinski definition) is 2. The van der Waals surface area contributed by atoms with Crippen molar-refractivity contribution < 1.29 is 5.11 Å². The van der Waals surface area contributed by atoms with Crippen LogP contribution in [0, 0.1) is 0 Å². The monoisotopic (exact) mass is 248 g/mol. The van der Waals surface area contributed by atoms with Gasteiger partial charge in [0, 0.05) is 19.1 Å². The summed E-state index contributed by atoms with van der Waals surface area (Å²) in [6.07, 6.45) is 3.74. The van der Waals surface area contributed by atoms with E-state index in [1.54, 1.807) is 0 Å². The van der Waals surface area contributed by atoms with E-state index < -0.39 is 6.23 Å². The number of rotatable bonds is 4. The Balaban J connectivity index is 1.97. The summed E-state index contributed by atoms with van der Waals surface area (Å²) >= 11 is 0. The normalized spacial score (nSPS) is 19.9. The van der Waals surface area contributed by atoms with Crippen molar-refractivity contribution in [3.63, 3.8) is 0 Å². The van der Waals surface area contributed by atoms with E-state index in [2.05, 4.69) is 24.0 Å². The van der Waals surface area contributed by atoms with Gasteiger partial charge in [-0.1, -0.05) is 37.6 Å². The molecule has 3 heteroatoms.